The van der Waals surface area contributed by atoms with Crippen LogP contribution in [0.2, 0.25) is 5.28 Å². The van der Waals surface area contributed by atoms with Crippen LogP contribution in [0.3, 0.4) is 0 Å². The molecule has 0 unspecified atom stereocenters. The zero-order valence-corrected chi connectivity index (χ0v) is 17.3. The first-order valence-electron chi connectivity index (χ1n) is 9.33. The standard InChI is InChI=1S/C21H26ClN3O3/c1-4-5-12-28-19(27)21(2,3)14-16-8-6-15(7-9-16)13-18(26)24-17-10-11-23-20(22)25-17/h6-11H,4-5,12-14H2,1-3H3,(H,23,24,25,26). The first kappa shape index (κ1) is 21.8. The number of halogens is 1. The smallest absolute Gasteiger partial charge is 0.311 e. The van der Waals surface area contributed by atoms with Gasteiger partial charge in [0.15, 0.2) is 0 Å². The average molecular weight is 404 g/mol. The minimum absolute atomic E-state index is 0.0815. The molecule has 0 aliphatic heterocycles. The number of carbonyl (C=O) groups excluding carboxylic acids is 2. The van der Waals surface area contributed by atoms with Gasteiger partial charge >= 0.3 is 5.97 Å². The Morgan fingerprint density at radius 1 is 1.14 bits per heavy atom. The van der Waals surface area contributed by atoms with E-state index in [0.29, 0.717) is 18.8 Å². The first-order valence-corrected chi connectivity index (χ1v) is 9.71. The molecule has 2 rings (SSSR count). The van der Waals surface area contributed by atoms with E-state index in [-0.39, 0.29) is 23.6 Å². The predicted molar refractivity (Wildman–Crippen MR) is 109 cm³/mol. The molecule has 0 aliphatic rings. The van der Waals surface area contributed by atoms with Crippen LogP contribution in [0, 0.1) is 5.41 Å². The van der Waals surface area contributed by atoms with E-state index in [4.69, 9.17) is 16.3 Å². The van der Waals surface area contributed by atoms with E-state index in [1.54, 1.807) is 6.07 Å². The third-order valence-corrected chi connectivity index (χ3v) is 4.39. The van der Waals surface area contributed by atoms with Crippen molar-refractivity contribution >= 4 is 29.3 Å². The molecule has 0 fully saturated rings. The summed E-state index contributed by atoms with van der Waals surface area (Å²) < 4.78 is 5.35. The predicted octanol–water partition coefficient (Wildman–Crippen LogP) is 4.22. The molecule has 2 aromatic rings. The molecule has 0 saturated heterocycles. The second-order valence-electron chi connectivity index (χ2n) is 7.30. The van der Waals surface area contributed by atoms with E-state index in [1.165, 1.54) is 6.20 Å². The van der Waals surface area contributed by atoms with Crippen LogP contribution in [0.4, 0.5) is 5.82 Å². The highest BCUT2D eigenvalue weighted by Crippen LogP contribution is 2.24. The Balaban J connectivity index is 1.90. The lowest BCUT2D eigenvalue weighted by atomic mass is 9.85. The Bertz CT molecular complexity index is 807. The molecule has 1 heterocycles. The second-order valence-corrected chi connectivity index (χ2v) is 7.64. The highest BCUT2D eigenvalue weighted by atomic mass is 35.5. The lowest BCUT2D eigenvalue weighted by Crippen LogP contribution is -2.29. The Hall–Kier alpha value is -2.47. The number of ether oxygens (including phenoxy) is 1. The van der Waals surface area contributed by atoms with Gasteiger partial charge in [0, 0.05) is 6.20 Å². The highest BCUT2D eigenvalue weighted by molar-refractivity contribution is 6.28. The molecule has 0 radical (unpaired) electrons. The molecule has 0 atom stereocenters. The maximum atomic E-state index is 12.3. The number of nitrogens with one attached hydrogen (secondary N) is 1. The number of nitrogens with zero attached hydrogens (tertiary/aromatic N) is 2. The van der Waals surface area contributed by atoms with Crippen molar-refractivity contribution < 1.29 is 14.3 Å². The van der Waals surface area contributed by atoms with Crippen LogP contribution < -0.4 is 5.32 Å². The Morgan fingerprint density at radius 2 is 1.82 bits per heavy atom. The molecule has 0 aliphatic carbocycles. The van der Waals surface area contributed by atoms with Gasteiger partial charge < -0.3 is 10.1 Å². The number of anilines is 1. The van der Waals surface area contributed by atoms with Crippen LogP contribution in [0.25, 0.3) is 0 Å². The van der Waals surface area contributed by atoms with Gasteiger partial charge in [-0.1, -0.05) is 37.6 Å². The number of carbonyl (C=O) groups is 2. The summed E-state index contributed by atoms with van der Waals surface area (Å²) in [4.78, 5) is 32.1. The topological polar surface area (TPSA) is 81.2 Å². The molecule has 1 aromatic carbocycles. The van der Waals surface area contributed by atoms with Gasteiger partial charge in [0.25, 0.3) is 0 Å². The third-order valence-electron chi connectivity index (χ3n) is 4.21. The normalized spacial score (nSPS) is 11.1. The van der Waals surface area contributed by atoms with Gasteiger partial charge in [0.1, 0.15) is 5.82 Å². The molecule has 28 heavy (non-hydrogen) atoms. The summed E-state index contributed by atoms with van der Waals surface area (Å²) in [5.41, 5.74) is 1.28. The summed E-state index contributed by atoms with van der Waals surface area (Å²) in [5.74, 6) is -0.0137. The van der Waals surface area contributed by atoms with Crippen LogP contribution >= 0.6 is 11.6 Å². The van der Waals surface area contributed by atoms with Crippen molar-refractivity contribution in [3.8, 4) is 0 Å². The summed E-state index contributed by atoms with van der Waals surface area (Å²) in [6.45, 7) is 6.29. The number of hydrogen-bond donors (Lipinski definition) is 1. The largest absolute Gasteiger partial charge is 0.465 e. The molecule has 0 bridgehead atoms. The van der Waals surface area contributed by atoms with Crippen LogP contribution in [-0.2, 0) is 27.2 Å². The van der Waals surface area contributed by atoms with Gasteiger partial charge in [-0.2, -0.15) is 0 Å². The fourth-order valence-electron chi connectivity index (χ4n) is 2.64. The molecule has 0 saturated carbocycles. The summed E-state index contributed by atoms with van der Waals surface area (Å²) in [7, 11) is 0. The minimum Gasteiger partial charge on any atom is -0.465 e. The molecule has 6 nitrogen and oxygen atoms in total. The van der Waals surface area contributed by atoms with Crippen molar-refractivity contribution in [1.82, 2.24) is 9.97 Å². The van der Waals surface area contributed by atoms with E-state index in [1.807, 2.05) is 38.1 Å². The van der Waals surface area contributed by atoms with Gasteiger partial charge in [-0.05, 0) is 55.5 Å². The minimum atomic E-state index is -0.598. The molecule has 150 valence electrons. The molecule has 0 spiro atoms. The SMILES string of the molecule is CCCCOC(=O)C(C)(C)Cc1ccc(CC(=O)Nc2ccnc(Cl)n2)cc1. The maximum Gasteiger partial charge on any atom is 0.311 e. The van der Waals surface area contributed by atoms with E-state index in [0.717, 1.165) is 24.0 Å². The number of esters is 1. The van der Waals surface area contributed by atoms with Crippen LogP contribution in [0.1, 0.15) is 44.7 Å². The maximum absolute atomic E-state index is 12.3. The van der Waals surface area contributed by atoms with Crippen molar-refractivity contribution in [2.45, 2.75) is 46.5 Å². The number of amides is 1. The lowest BCUT2D eigenvalue weighted by Gasteiger charge is -2.22. The van der Waals surface area contributed by atoms with Crippen LogP contribution in [0.15, 0.2) is 36.5 Å². The fourth-order valence-corrected chi connectivity index (χ4v) is 2.79. The van der Waals surface area contributed by atoms with Gasteiger partial charge in [-0.3, -0.25) is 9.59 Å². The van der Waals surface area contributed by atoms with Gasteiger partial charge in [-0.15, -0.1) is 0 Å². The monoisotopic (exact) mass is 403 g/mol. The van der Waals surface area contributed by atoms with Crippen molar-refractivity contribution in [3.63, 3.8) is 0 Å². The number of aromatic nitrogens is 2. The van der Waals surface area contributed by atoms with Crippen molar-refractivity contribution in [2.75, 3.05) is 11.9 Å². The zero-order valence-electron chi connectivity index (χ0n) is 16.5. The summed E-state index contributed by atoms with van der Waals surface area (Å²) in [6.07, 6.45) is 4.13. The third kappa shape index (κ3) is 6.93. The molecule has 1 N–H and O–H groups in total. The molecule has 1 amide bonds. The van der Waals surface area contributed by atoms with Gasteiger partial charge in [0.05, 0.1) is 18.4 Å². The fraction of sp³-hybridized carbons (Fsp3) is 0.429. The molecule has 7 heteroatoms. The van der Waals surface area contributed by atoms with E-state index in [9.17, 15) is 9.59 Å². The molecular weight excluding hydrogens is 378 g/mol. The molecular formula is C21H26ClN3O3. The number of benzene rings is 1. The summed E-state index contributed by atoms with van der Waals surface area (Å²) in [6, 6.07) is 9.23. The van der Waals surface area contributed by atoms with E-state index in [2.05, 4.69) is 22.2 Å². The Labute approximate surface area is 170 Å². The lowest BCUT2D eigenvalue weighted by molar-refractivity contribution is -0.154. The number of unbranched alkanes of at least 4 members (excludes halogenated alkanes) is 1. The van der Waals surface area contributed by atoms with Crippen molar-refractivity contribution in [1.29, 1.82) is 0 Å². The Morgan fingerprint density at radius 3 is 2.46 bits per heavy atom. The van der Waals surface area contributed by atoms with Crippen LogP contribution in [-0.4, -0.2) is 28.5 Å². The molecule has 1 aromatic heterocycles. The zero-order chi connectivity index (χ0) is 20.6. The van der Waals surface area contributed by atoms with Crippen LogP contribution in [0.5, 0.6) is 0 Å². The summed E-state index contributed by atoms with van der Waals surface area (Å²) >= 11 is 5.71. The second kappa shape index (κ2) is 10.2. The number of rotatable bonds is 9. The first-order chi connectivity index (χ1) is 13.3. The van der Waals surface area contributed by atoms with Crippen molar-refractivity contribution in [2.24, 2.45) is 5.41 Å². The van der Waals surface area contributed by atoms with Crippen molar-refractivity contribution in [3.05, 3.63) is 52.9 Å². The van der Waals surface area contributed by atoms with Gasteiger partial charge in [0.2, 0.25) is 11.2 Å². The average Bonchev–Trinajstić information content (AvgIpc) is 2.63. The van der Waals surface area contributed by atoms with E-state index < -0.39 is 5.41 Å². The Kier molecular flexibility index (Phi) is 7.93. The van der Waals surface area contributed by atoms with Gasteiger partial charge in [-0.25, -0.2) is 9.97 Å². The van der Waals surface area contributed by atoms with E-state index >= 15 is 0 Å². The quantitative estimate of drug-likeness (QED) is 0.385. The number of hydrogen-bond acceptors (Lipinski definition) is 5. The summed E-state index contributed by atoms with van der Waals surface area (Å²) in [5, 5.41) is 2.77. The highest BCUT2D eigenvalue weighted by Gasteiger charge is 2.29.